The van der Waals surface area contributed by atoms with Crippen LogP contribution in [0.3, 0.4) is 0 Å². The maximum atomic E-state index is 12.4. The van der Waals surface area contributed by atoms with Gasteiger partial charge >= 0.3 is 5.97 Å². The van der Waals surface area contributed by atoms with Crippen LogP contribution in [0, 0.1) is 12.8 Å². The Labute approximate surface area is 118 Å². The molecule has 5 heteroatoms. The second-order valence-electron chi connectivity index (χ2n) is 5.22. The number of piperidine rings is 1. The summed E-state index contributed by atoms with van der Waals surface area (Å²) in [5.74, 6) is -0.299. The lowest BCUT2D eigenvalue weighted by Crippen LogP contribution is -2.40. The van der Waals surface area contributed by atoms with Gasteiger partial charge in [-0.2, -0.15) is 0 Å². The highest BCUT2D eigenvalue weighted by atomic mass is 16.5. The van der Waals surface area contributed by atoms with Crippen LogP contribution in [0.4, 0.5) is 5.69 Å². The Kier molecular flexibility index (Phi) is 4.27. The van der Waals surface area contributed by atoms with Crippen LogP contribution in [0.25, 0.3) is 0 Å². The second-order valence-corrected chi connectivity index (χ2v) is 5.22. The molecular weight excluding hydrogens is 256 g/mol. The Hall–Kier alpha value is -2.04. The molecular formula is C15H20N2O3. The van der Waals surface area contributed by atoms with Crippen LogP contribution in [-0.4, -0.2) is 37.0 Å². The summed E-state index contributed by atoms with van der Waals surface area (Å²) in [6.45, 7) is 3.07. The summed E-state index contributed by atoms with van der Waals surface area (Å²) in [4.78, 5) is 25.6. The van der Waals surface area contributed by atoms with Gasteiger partial charge in [0.25, 0.3) is 5.91 Å². The highest BCUT2D eigenvalue weighted by Gasteiger charge is 2.28. The molecule has 0 bridgehead atoms. The zero-order valence-corrected chi connectivity index (χ0v) is 11.9. The number of nitrogens with two attached hydrogens (primary N) is 1. The molecule has 5 nitrogen and oxygen atoms in total. The van der Waals surface area contributed by atoms with Gasteiger partial charge in [-0.05, 0) is 43.5 Å². The average molecular weight is 276 g/mol. The average Bonchev–Trinajstić information content (AvgIpc) is 2.45. The first-order valence-corrected chi connectivity index (χ1v) is 6.75. The highest BCUT2D eigenvalue weighted by Crippen LogP contribution is 2.21. The minimum Gasteiger partial charge on any atom is -0.469 e. The second kappa shape index (κ2) is 5.94. The fraction of sp³-hybridized carbons (Fsp3) is 0.467. The lowest BCUT2D eigenvalue weighted by molar-refractivity contribution is -0.146. The molecule has 20 heavy (non-hydrogen) atoms. The topological polar surface area (TPSA) is 72.6 Å². The number of hydrogen-bond donors (Lipinski definition) is 1. The highest BCUT2D eigenvalue weighted by molar-refractivity contribution is 5.95. The third kappa shape index (κ3) is 3.10. The van der Waals surface area contributed by atoms with E-state index in [9.17, 15) is 9.59 Å². The molecule has 0 spiro atoms. The zero-order valence-electron chi connectivity index (χ0n) is 11.9. The molecule has 1 amide bonds. The lowest BCUT2D eigenvalue weighted by atomic mass is 9.96. The number of esters is 1. The van der Waals surface area contributed by atoms with Gasteiger partial charge in [0.05, 0.1) is 13.0 Å². The number of benzene rings is 1. The molecule has 0 radical (unpaired) electrons. The van der Waals surface area contributed by atoms with Crippen molar-refractivity contribution in [2.75, 3.05) is 25.9 Å². The Morgan fingerprint density at radius 2 is 1.90 bits per heavy atom. The molecule has 0 aromatic heterocycles. The van der Waals surface area contributed by atoms with E-state index in [0.717, 1.165) is 5.56 Å². The third-order valence-electron chi connectivity index (χ3n) is 3.66. The smallest absolute Gasteiger partial charge is 0.308 e. The summed E-state index contributed by atoms with van der Waals surface area (Å²) in [7, 11) is 1.40. The van der Waals surface area contributed by atoms with Crippen molar-refractivity contribution in [2.45, 2.75) is 19.8 Å². The third-order valence-corrected chi connectivity index (χ3v) is 3.66. The van der Waals surface area contributed by atoms with Gasteiger partial charge in [-0.1, -0.05) is 0 Å². The molecule has 1 aromatic rings. The number of carbonyl (C=O) groups is 2. The first-order chi connectivity index (χ1) is 9.51. The molecule has 0 atom stereocenters. The lowest BCUT2D eigenvalue weighted by Gasteiger charge is -2.30. The van der Waals surface area contributed by atoms with Crippen molar-refractivity contribution in [1.82, 2.24) is 4.90 Å². The van der Waals surface area contributed by atoms with E-state index in [1.165, 1.54) is 7.11 Å². The number of ether oxygens (including phenoxy) is 1. The molecule has 0 unspecified atom stereocenters. The predicted octanol–water partition coefficient (Wildman–Crippen LogP) is 1.60. The minimum absolute atomic E-state index is 0.0243. The quantitative estimate of drug-likeness (QED) is 0.658. The van der Waals surface area contributed by atoms with Gasteiger partial charge in [-0.3, -0.25) is 9.59 Å². The molecule has 1 fully saturated rings. The summed E-state index contributed by atoms with van der Waals surface area (Å²) in [6, 6.07) is 5.37. The summed E-state index contributed by atoms with van der Waals surface area (Å²) in [5, 5.41) is 0. The van der Waals surface area contributed by atoms with Gasteiger partial charge in [0.1, 0.15) is 0 Å². The summed E-state index contributed by atoms with van der Waals surface area (Å²) >= 11 is 0. The maximum absolute atomic E-state index is 12.4. The van der Waals surface area contributed by atoms with Crippen LogP contribution in [0.2, 0.25) is 0 Å². The van der Waals surface area contributed by atoms with Gasteiger partial charge in [0.2, 0.25) is 0 Å². The number of methoxy groups -OCH3 is 1. The number of hydrogen-bond acceptors (Lipinski definition) is 4. The first kappa shape index (κ1) is 14.4. The number of amides is 1. The first-order valence-electron chi connectivity index (χ1n) is 6.75. The molecule has 2 rings (SSSR count). The maximum Gasteiger partial charge on any atom is 0.308 e. The van der Waals surface area contributed by atoms with Crippen molar-refractivity contribution < 1.29 is 14.3 Å². The van der Waals surface area contributed by atoms with E-state index < -0.39 is 0 Å². The van der Waals surface area contributed by atoms with Crippen LogP contribution in [-0.2, 0) is 9.53 Å². The van der Waals surface area contributed by atoms with Gasteiger partial charge in [0, 0.05) is 24.3 Å². The van der Waals surface area contributed by atoms with Crippen molar-refractivity contribution in [1.29, 1.82) is 0 Å². The summed E-state index contributed by atoms with van der Waals surface area (Å²) < 4.78 is 4.74. The van der Waals surface area contributed by atoms with E-state index in [-0.39, 0.29) is 17.8 Å². The van der Waals surface area contributed by atoms with E-state index in [1.54, 1.807) is 11.0 Å². The Bertz CT molecular complexity index is 500. The minimum atomic E-state index is -0.183. The molecule has 2 N–H and O–H groups in total. The summed E-state index contributed by atoms with van der Waals surface area (Å²) in [6.07, 6.45) is 1.30. The van der Waals surface area contributed by atoms with E-state index in [2.05, 4.69) is 0 Å². The molecule has 1 aromatic carbocycles. The van der Waals surface area contributed by atoms with E-state index in [4.69, 9.17) is 10.5 Å². The fourth-order valence-corrected chi connectivity index (χ4v) is 2.60. The number of nitrogens with zero attached hydrogens (tertiary/aromatic N) is 1. The zero-order chi connectivity index (χ0) is 14.7. The SMILES string of the molecule is COC(=O)C1CCN(C(=O)c2cc(C)cc(N)c2)CC1. The molecule has 1 aliphatic rings. The number of rotatable bonds is 2. The standard InChI is InChI=1S/C15H20N2O3/c1-10-7-12(9-13(16)8-10)14(18)17-5-3-11(4-6-17)15(19)20-2/h7-9,11H,3-6,16H2,1-2H3. The van der Waals surface area contributed by atoms with Crippen molar-refractivity contribution in [3.05, 3.63) is 29.3 Å². The number of anilines is 1. The van der Waals surface area contributed by atoms with Gasteiger partial charge < -0.3 is 15.4 Å². The number of aryl methyl sites for hydroxylation is 1. The molecule has 0 aliphatic carbocycles. The van der Waals surface area contributed by atoms with Crippen LogP contribution in [0.15, 0.2) is 18.2 Å². The number of carbonyl (C=O) groups excluding carboxylic acids is 2. The van der Waals surface area contributed by atoms with E-state index in [1.807, 2.05) is 19.1 Å². The Balaban J connectivity index is 2.03. The fourth-order valence-electron chi connectivity index (χ4n) is 2.60. The van der Waals surface area contributed by atoms with E-state index >= 15 is 0 Å². The Morgan fingerprint density at radius 3 is 2.45 bits per heavy atom. The molecule has 1 aliphatic heterocycles. The normalized spacial score (nSPS) is 16.0. The molecule has 0 saturated carbocycles. The van der Waals surface area contributed by atoms with Gasteiger partial charge in [-0.15, -0.1) is 0 Å². The van der Waals surface area contributed by atoms with Crippen LogP contribution >= 0.6 is 0 Å². The largest absolute Gasteiger partial charge is 0.469 e. The molecule has 1 saturated heterocycles. The van der Waals surface area contributed by atoms with Crippen LogP contribution in [0.1, 0.15) is 28.8 Å². The van der Waals surface area contributed by atoms with Crippen molar-refractivity contribution in [3.8, 4) is 0 Å². The van der Waals surface area contributed by atoms with Crippen molar-refractivity contribution in [3.63, 3.8) is 0 Å². The number of nitrogen functional groups attached to an aromatic ring is 1. The number of likely N-dealkylation sites (tertiary alicyclic amines) is 1. The van der Waals surface area contributed by atoms with Crippen molar-refractivity contribution in [2.24, 2.45) is 5.92 Å². The predicted molar refractivity (Wildman–Crippen MR) is 76.2 cm³/mol. The monoisotopic (exact) mass is 276 g/mol. The van der Waals surface area contributed by atoms with Gasteiger partial charge in [-0.25, -0.2) is 0 Å². The molecule has 108 valence electrons. The van der Waals surface area contributed by atoms with Crippen LogP contribution < -0.4 is 5.73 Å². The Morgan fingerprint density at radius 1 is 1.25 bits per heavy atom. The van der Waals surface area contributed by atoms with E-state index in [0.29, 0.717) is 37.2 Å². The van der Waals surface area contributed by atoms with Crippen LogP contribution in [0.5, 0.6) is 0 Å². The molecule has 1 heterocycles. The summed E-state index contributed by atoms with van der Waals surface area (Å²) in [5.41, 5.74) is 7.95. The van der Waals surface area contributed by atoms with Crippen molar-refractivity contribution >= 4 is 17.6 Å². The van der Waals surface area contributed by atoms with Gasteiger partial charge in [0.15, 0.2) is 0 Å².